The van der Waals surface area contributed by atoms with Crippen LogP contribution < -0.4 is 10.6 Å². The second kappa shape index (κ2) is 12.9. The minimum Gasteiger partial charge on any atom is -0.390 e. The number of hydrogen-bond donors (Lipinski definition) is 3. The first-order valence-corrected chi connectivity index (χ1v) is 10.6. The first-order valence-electron chi connectivity index (χ1n) is 10.6. The Morgan fingerprint density at radius 2 is 2.03 bits per heavy atom. The molecule has 0 saturated carbocycles. The lowest BCUT2D eigenvalue weighted by Crippen LogP contribution is -2.41. The number of halogens is 1. The summed E-state index contributed by atoms with van der Waals surface area (Å²) < 4.78 is 2.04. The van der Waals surface area contributed by atoms with Crippen molar-refractivity contribution >= 4 is 29.9 Å². The minimum absolute atomic E-state index is 0. The van der Waals surface area contributed by atoms with Crippen molar-refractivity contribution in [1.82, 2.24) is 30.3 Å². The number of β-amino-alcohol motifs (C(OH)–C–C–N with tert-alkyl or cyclic N) is 1. The van der Waals surface area contributed by atoms with Crippen molar-refractivity contribution in [3.63, 3.8) is 0 Å². The molecule has 166 valence electrons. The molecule has 30 heavy (non-hydrogen) atoms. The highest BCUT2D eigenvalue weighted by molar-refractivity contribution is 14.0. The number of fused-ring (bicyclic) bond motifs is 1. The Morgan fingerprint density at radius 3 is 2.80 bits per heavy atom. The van der Waals surface area contributed by atoms with Gasteiger partial charge < -0.3 is 20.3 Å². The molecule has 0 aliphatic carbocycles. The summed E-state index contributed by atoms with van der Waals surface area (Å²) in [6, 6.07) is 8.56. The molecule has 2 aromatic rings. The van der Waals surface area contributed by atoms with Crippen LogP contribution in [0.2, 0.25) is 0 Å². The zero-order valence-electron chi connectivity index (χ0n) is 17.9. The van der Waals surface area contributed by atoms with E-state index in [-0.39, 0.29) is 24.0 Å². The summed E-state index contributed by atoms with van der Waals surface area (Å²) in [5, 5.41) is 25.1. The van der Waals surface area contributed by atoms with Crippen molar-refractivity contribution in [3.05, 3.63) is 47.5 Å². The predicted octanol–water partition coefficient (Wildman–Crippen LogP) is 1.43. The van der Waals surface area contributed by atoms with Gasteiger partial charge >= 0.3 is 0 Å². The Hall–Kier alpha value is -1.72. The van der Waals surface area contributed by atoms with E-state index in [9.17, 15) is 5.11 Å². The van der Waals surface area contributed by atoms with Crippen molar-refractivity contribution in [2.24, 2.45) is 4.99 Å². The van der Waals surface area contributed by atoms with Crippen molar-refractivity contribution in [3.8, 4) is 0 Å². The largest absolute Gasteiger partial charge is 0.390 e. The van der Waals surface area contributed by atoms with Crippen molar-refractivity contribution < 1.29 is 5.11 Å². The average molecular weight is 527 g/mol. The van der Waals surface area contributed by atoms with Gasteiger partial charge in [0.1, 0.15) is 12.2 Å². The Bertz CT molecular complexity index is 795. The monoisotopic (exact) mass is 527 g/mol. The summed E-state index contributed by atoms with van der Waals surface area (Å²) in [7, 11) is 0. The first-order chi connectivity index (χ1) is 14.2. The summed E-state index contributed by atoms with van der Waals surface area (Å²) in [5.41, 5.74) is 2.79. The Labute approximate surface area is 196 Å². The summed E-state index contributed by atoms with van der Waals surface area (Å²) in [6.07, 6.45) is 3.17. The number of guanidine groups is 1. The normalized spacial score (nSPS) is 15.2. The molecule has 3 rings (SSSR count). The third-order valence-electron chi connectivity index (χ3n) is 5.14. The van der Waals surface area contributed by atoms with Crippen LogP contribution in [0.25, 0.3) is 0 Å². The second-order valence-electron chi connectivity index (χ2n) is 7.35. The number of aliphatic hydroxyl groups excluding tert-OH is 1. The van der Waals surface area contributed by atoms with Gasteiger partial charge in [0.2, 0.25) is 0 Å². The number of nitrogens with one attached hydrogen (secondary N) is 2. The van der Waals surface area contributed by atoms with Crippen LogP contribution in [-0.2, 0) is 25.9 Å². The van der Waals surface area contributed by atoms with Crippen LogP contribution in [0.4, 0.5) is 0 Å². The van der Waals surface area contributed by atoms with Gasteiger partial charge in [0.15, 0.2) is 5.96 Å². The highest BCUT2D eigenvalue weighted by Crippen LogP contribution is 2.18. The highest BCUT2D eigenvalue weighted by Gasteiger charge is 2.18. The molecular weight excluding hydrogens is 493 g/mol. The molecule has 1 aliphatic heterocycles. The summed E-state index contributed by atoms with van der Waals surface area (Å²) in [6.45, 7) is 9.26. The Kier molecular flexibility index (Phi) is 10.5. The van der Waals surface area contributed by atoms with E-state index in [4.69, 9.17) is 0 Å². The quantitative estimate of drug-likeness (QED) is 0.260. The minimum atomic E-state index is -0.486. The zero-order chi connectivity index (χ0) is 20.5. The third kappa shape index (κ3) is 7.21. The van der Waals surface area contributed by atoms with E-state index in [0.717, 1.165) is 57.3 Å². The smallest absolute Gasteiger partial charge is 0.191 e. The van der Waals surface area contributed by atoms with Crippen molar-refractivity contribution in [1.29, 1.82) is 0 Å². The van der Waals surface area contributed by atoms with Crippen molar-refractivity contribution in [2.45, 2.75) is 45.9 Å². The number of aliphatic imine (C=N–C) groups is 1. The molecule has 8 nitrogen and oxygen atoms in total. The molecule has 3 N–H and O–H groups in total. The van der Waals surface area contributed by atoms with Gasteiger partial charge in [-0.15, -0.1) is 34.2 Å². The maximum Gasteiger partial charge on any atom is 0.191 e. The van der Waals surface area contributed by atoms with Gasteiger partial charge in [-0.05, 0) is 24.5 Å². The van der Waals surface area contributed by atoms with Gasteiger partial charge in [-0.1, -0.05) is 31.2 Å². The third-order valence-corrected chi connectivity index (χ3v) is 5.14. The molecule has 0 radical (unpaired) electrons. The molecular formula is C21H34IN7O. The molecule has 0 bridgehead atoms. The zero-order valence-corrected chi connectivity index (χ0v) is 20.2. The standard InChI is InChI=1S/C21H33N7O.HI/c1-3-20-26-25-16-28(20)12-10-23-21(22-4-2)24-13-19(29)15-27-11-9-17-7-5-6-8-18(17)14-27;/h5-8,16,19,29H,3-4,9-15H2,1-2H3,(H2,22,23,24);1H. The number of aromatic nitrogens is 3. The molecule has 0 amide bonds. The molecule has 1 unspecified atom stereocenters. The molecule has 1 atom stereocenters. The first kappa shape index (κ1) is 24.5. The number of rotatable bonds is 9. The number of nitrogens with zero attached hydrogens (tertiary/aromatic N) is 5. The molecule has 1 aromatic heterocycles. The van der Waals surface area contributed by atoms with Crippen molar-refractivity contribution in [2.75, 3.05) is 32.7 Å². The van der Waals surface area contributed by atoms with E-state index < -0.39 is 6.10 Å². The van der Waals surface area contributed by atoms with Crippen LogP contribution in [-0.4, -0.2) is 69.6 Å². The predicted molar refractivity (Wildman–Crippen MR) is 130 cm³/mol. The lowest BCUT2D eigenvalue weighted by Gasteiger charge is -2.30. The fraction of sp³-hybridized carbons (Fsp3) is 0.571. The number of hydrogen-bond acceptors (Lipinski definition) is 5. The van der Waals surface area contributed by atoms with Gasteiger partial charge in [-0.2, -0.15) is 0 Å². The van der Waals surface area contributed by atoms with Crippen LogP contribution in [0.3, 0.4) is 0 Å². The van der Waals surface area contributed by atoms with E-state index in [0.29, 0.717) is 13.1 Å². The van der Waals surface area contributed by atoms with Gasteiger partial charge in [0, 0.05) is 45.7 Å². The highest BCUT2D eigenvalue weighted by atomic mass is 127. The lowest BCUT2D eigenvalue weighted by molar-refractivity contribution is 0.111. The number of benzene rings is 1. The Balaban J connectivity index is 0.00000320. The molecule has 1 aromatic carbocycles. The van der Waals surface area contributed by atoms with E-state index in [1.54, 1.807) is 6.33 Å². The molecule has 0 saturated heterocycles. The van der Waals surface area contributed by atoms with E-state index >= 15 is 0 Å². The van der Waals surface area contributed by atoms with Crippen LogP contribution in [0, 0.1) is 0 Å². The SMILES string of the molecule is CCNC(=NCC(O)CN1CCc2ccccc2C1)NCCn1cnnc1CC.I. The summed E-state index contributed by atoms with van der Waals surface area (Å²) in [4.78, 5) is 6.87. The van der Waals surface area contributed by atoms with Crippen LogP contribution in [0.5, 0.6) is 0 Å². The molecule has 0 fully saturated rings. The van der Waals surface area contributed by atoms with Gasteiger partial charge in [-0.3, -0.25) is 9.89 Å². The number of aryl methyl sites for hydroxylation is 1. The van der Waals surface area contributed by atoms with Crippen LogP contribution >= 0.6 is 24.0 Å². The molecule has 9 heteroatoms. The van der Waals surface area contributed by atoms with Gasteiger partial charge in [0.05, 0.1) is 12.6 Å². The topological polar surface area (TPSA) is 90.6 Å². The van der Waals surface area contributed by atoms with Crippen LogP contribution in [0.1, 0.15) is 30.8 Å². The fourth-order valence-corrected chi connectivity index (χ4v) is 3.64. The molecule has 2 heterocycles. The lowest BCUT2D eigenvalue weighted by atomic mass is 10.00. The number of aliphatic hydroxyl groups is 1. The molecule has 1 aliphatic rings. The summed E-state index contributed by atoms with van der Waals surface area (Å²) in [5.74, 6) is 1.70. The molecule has 0 spiro atoms. The van der Waals surface area contributed by atoms with E-state index in [1.807, 2.05) is 11.5 Å². The summed E-state index contributed by atoms with van der Waals surface area (Å²) >= 11 is 0. The average Bonchev–Trinajstić information content (AvgIpc) is 3.19. The van der Waals surface area contributed by atoms with Crippen LogP contribution in [0.15, 0.2) is 35.6 Å². The van der Waals surface area contributed by atoms with E-state index in [1.165, 1.54) is 11.1 Å². The maximum atomic E-state index is 10.5. The van der Waals surface area contributed by atoms with E-state index in [2.05, 4.69) is 61.9 Å². The van der Waals surface area contributed by atoms with Gasteiger partial charge in [0.25, 0.3) is 0 Å². The Morgan fingerprint density at radius 1 is 1.23 bits per heavy atom. The van der Waals surface area contributed by atoms with Gasteiger partial charge in [-0.25, -0.2) is 0 Å². The fourth-order valence-electron chi connectivity index (χ4n) is 3.64. The maximum absolute atomic E-state index is 10.5. The second-order valence-corrected chi connectivity index (χ2v) is 7.35.